The lowest BCUT2D eigenvalue weighted by Gasteiger charge is -2.33. The van der Waals surface area contributed by atoms with Crippen LogP contribution >= 0.6 is 0 Å². The number of carbonyl (C=O) groups excluding carboxylic acids is 1. The lowest BCUT2D eigenvalue weighted by atomic mass is 9.71. The first-order valence-electron chi connectivity index (χ1n) is 13.2. The molecule has 1 heteroatoms. The second kappa shape index (κ2) is 11.3. The lowest BCUT2D eigenvalue weighted by Crippen LogP contribution is -2.23. The molecule has 0 bridgehead atoms. The maximum Gasteiger partial charge on any atom is 0.134 e. The van der Waals surface area contributed by atoms with Crippen LogP contribution in [-0.4, -0.2) is 5.78 Å². The Balaban J connectivity index is 1.52. The number of benzene rings is 2. The van der Waals surface area contributed by atoms with E-state index in [-0.39, 0.29) is 0 Å². The number of hydrogen-bond donors (Lipinski definition) is 0. The fourth-order valence-corrected chi connectivity index (χ4v) is 6.39. The van der Waals surface area contributed by atoms with Crippen molar-refractivity contribution in [3.63, 3.8) is 0 Å². The van der Waals surface area contributed by atoms with Crippen molar-refractivity contribution in [1.82, 2.24) is 0 Å². The summed E-state index contributed by atoms with van der Waals surface area (Å²) in [5.74, 6) is 2.62. The maximum absolute atomic E-state index is 13.6. The van der Waals surface area contributed by atoms with E-state index in [1.54, 1.807) is 0 Å². The molecule has 0 unspecified atom stereocenters. The predicted octanol–water partition coefficient (Wildman–Crippen LogP) is 8.68. The Morgan fingerprint density at radius 2 is 0.969 bits per heavy atom. The topological polar surface area (TPSA) is 17.1 Å². The van der Waals surface area contributed by atoms with Crippen LogP contribution in [0.15, 0.2) is 48.5 Å². The first-order valence-corrected chi connectivity index (χ1v) is 13.2. The molecule has 2 aromatic carbocycles. The van der Waals surface area contributed by atoms with Gasteiger partial charge < -0.3 is 0 Å². The quantitative estimate of drug-likeness (QED) is 0.409. The van der Waals surface area contributed by atoms with Gasteiger partial charge in [0.05, 0.1) is 0 Å². The SMILES string of the molecule is Cc1ccc([C@H](CC(=O)C[C@@H](c2ccc(C)cc2)C2CCCCC2)C2CCCCC2)cc1. The molecule has 4 rings (SSSR count). The summed E-state index contributed by atoms with van der Waals surface area (Å²) in [5, 5.41) is 0. The average molecular weight is 431 g/mol. The largest absolute Gasteiger partial charge is 0.300 e. The maximum atomic E-state index is 13.6. The van der Waals surface area contributed by atoms with Gasteiger partial charge in [0.1, 0.15) is 5.78 Å². The Hall–Kier alpha value is -1.89. The van der Waals surface area contributed by atoms with Crippen molar-refractivity contribution >= 4 is 5.78 Å². The third-order valence-electron chi connectivity index (χ3n) is 8.34. The molecule has 2 aromatic rings. The van der Waals surface area contributed by atoms with E-state index >= 15 is 0 Å². The normalized spacial score (nSPS) is 20.1. The van der Waals surface area contributed by atoms with Crippen molar-refractivity contribution in [1.29, 1.82) is 0 Å². The summed E-state index contributed by atoms with van der Waals surface area (Å²) in [7, 11) is 0. The summed E-state index contributed by atoms with van der Waals surface area (Å²) in [6, 6.07) is 18.1. The van der Waals surface area contributed by atoms with Gasteiger partial charge in [-0.1, -0.05) is 98.2 Å². The molecule has 172 valence electrons. The Bertz CT molecular complexity index is 764. The summed E-state index contributed by atoms with van der Waals surface area (Å²) in [5.41, 5.74) is 5.39. The molecule has 2 saturated carbocycles. The van der Waals surface area contributed by atoms with Crippen molar-refractivity contribution in [3.8, 4) is 0 Å². The van der Waals surface area contributed by atoms with Crippen LogP contribution in [0.4, 0.5) is 0 Å². The molecule has 0 saturated heterocycles. The predicted molar refractivity (Wildman–Crippen MR) is 135 cm³/mol. The van der Waals surface area contributed by atoms with Gasteiger partial charge in [0.2, 0.25) is 0 Å². The van der Waals surface area contributed by atoms with Crippen molar-refractivity contribution < 1.29 is 4.79 Å². The zero-order chi connectivity index (χ0) is 22.3. The highest BCUT2D eigenvalue weighted by atomic mass is 16.1. The summed E-state index contributed by atoms with van der Waals surface area (Å²) in [6.07, 6.45) is 14.6. The summed E-state index contributed by atoms with van der Waals surface area (Å²) < 4.78 is 0. The van der Waals surface area contributed by atoms with Gasteiger partial charge in [0, 0.05) is 12.8 Å². The van der Waals surface area contributed by atoms with Gasteiger partial charge in [-0.15, -0.1) is 0 Å². The first-order chi connectivity index (χ1) is 15.6. The van der Waals surface area contributed by atoms with Crippen LogP contribution in [0.5, 0.6) is 0 Å². The van der Waals surface area contributed by atoms with Crippen molar-refractivity contribution in [2.45, 2.75) is 103 Å². The van der Waals surface area contributed by atoms with Crippen LogP contribution < -0.4 is 0 Å². The molecule has 0 N–H and O–H groups in total. The molecule has 1 nitrogen and oxygen atoms in total. The van der Waals surface area contributed by atoms with Crippen molar-refractivity contribution in [2.75, 3.05) is 0 Å². The molecule has 2 aliphatic rings. The summed E-state index contributed by atoms with van der Waals surface area (Å²) >= 11 is 0. The monoisotopic (exact) mass is 430 g/mol. The number of carbonyl (C=O) groups is 1. The van der Waals surface area contributed by atoms with Crippen molar-refractivity contribution in [2.24, 2.45) is 11.8 Å². The van der Waals surface area contributed by atoms with Crippen LogP contribution in [0.2, 0.25) is 0 Å². The molecule has 0 aromatic heterocycles. The van der Waals surface area contributed by atoms with Crippen molar-refractivity contribution in [3.05, 3.63) is 70.8 Å². The third-order valence-corrected chi connectivity index (χ3v) is 8.34. The smallest absolute Gasteiger partial charge is 0.134 e. The third kappa shape index (κ3) is 6.12. The highest BCUT2D eigenvalue weighted by Gasteiger charge is 2.31. The van der Waals surface area contributed by atoms with Crippen LogP contribution in [0, 0.1) is 25.7 Å². The van der Waals surface area contributed by atoms with E-state index < -0.39 is 0 Å². The number of hydrogen-bond acceptors (Lipinski definition) is 1. The number of aryl methyl sites for hydroxylation is 2. The zero-order valence-corrected chi connectivity index (χ0v) is 20.3. The van der Waals surface area contributed by atoms with Crippen LogP contribution in [0.1, 0.15) is 111 Å². The van der Waals surface area contributed by atoms with E-state index in [0.717, 1.165) is 12.8 Å². The Labute approximate surface area is 196 Å². The first kappa shape index (κ1) is 23.3. The highest BCUT2D eigenvalue weighted by molar-refractivity contribution is 5.80. The second-order valence-corrected chi connectivity index (χ2v) is 10.8. The molecule has 0 radical (unpaired) electrons. The molecular formula is C31H42O. The van der Waals surface area contributed by atoms with Gasteiger partial charge in [-0.05, 0) is 74.3 Å². The average Bonchev–Trinajstić information content (AvgIpc) is 2.83. The molecule has 0 amide bonds. The molecule has 0 spiro atoms. The summed E-state index contributed by atoms with van der Waals surface area (Å²) in [4.78, 5) is 13.6. The fraction of sp³-hybridized carbons (Fsp3) is 0.581. The molecule has 0 heterocycles. The number of Topliss-reactive ketones (excluding diaryl/α,β-unsaturated/α-hetero) is 1. The van der Waals surface area contributed by atoms with E-state index in [1.807, 2.05) is 0 Å². The molecule has 2 atom stereocenters. The second-order valence-electron chi connectivity index (χ2n) is 10.8. The Kier molecular flexibility index (Phi) is 8.22. The van der Waals surface area contributed by atoms with Gasteiger partial charge in [-0.3, -0.25) is 4.79 Å². The summed E-state index contributed by atoms with van der Waals surface area (Å²) in [6.45, 7) is 4.31. The van der Waals surface area contributed by atoms with Gasteiger partial charge in [-0.2, -0.15) is 0 Å². The molecule has 2 aliphatic carbocycles. The highest BCUT2D eigenvalue weighted by Crippen LogP contribution is 2.42. The lowest BCUT2D eigenvalue weighted by molar-refractivity contribution is -0.120. The molecule has 2 fully saturated rings. The van der Waals surface area contributed by atoms with Gasteiger partial charge in [0.15, 0.2) is 0 Å². The van der Waals surface area contributed by atoms with E-state index in [9.17, 15) is 4.79 Å². The van der Waals surface area contributed by atoms with Gasteiger partial charge in [0.25, 0.3) is 0 Å². The zero-order valence-electron chi connectivity index (χ0n) is 20.3. The van der Waals surface area contributed by atoms with Crippen LogP contribution in [0.3, 0.4) is 0 Å². The number of rotatable bonds is 8. The van der Waals surface area contributed by atoms with Crippen LogP contribution in [0.25, 0.3) is 0 Å². The molecular weight excluding hydrogens is 388 g/mol. The number of ketones is 1. The Morgan fingerprint density at radius 1 is 0.625 bits per heavy atom. The minimum atomic E-state index is 0.397. The minimum Gasteiger partial charge on any atom is -0.300 e. The molecule has 32 heavy (non-hydrogen) atoms. The van der Waals surface area contributed by atoms with Crippen LogP contribution in [-0.2, 0) is 4.79 Å². The van der Waals surface area contributed by atoms with Gasteiger partial charge in [-0.25, -0.2) is 0 Å². The van der Waals surface area contributed by atoms with E-state index in [0.29, 0.717) is 29.5 Å². The van der Waals surface area contributed by atoms with E-state index in [2.05, 4.69) is 62.4 Å². The van der Waals surface area contributed by atoms with E-state index in [1.165, 1.54) is 86.5 Å². The molecule has 0 aliphatic heterocycles. The minimum absolute atomic E-state index is 0.397. The van der Waals surface area contributed by atoms with E-state index in [4.69, 9.17) is 0 Å². The standard InChI is InChI=1S/C31H42O/c1-23-13-17-27(18-14-23)30(25-9-5-3-6-10-25)21-29(32)22-31(26-11-7-4-8-12-26)28-19-15-24(2)16-20-28/h13-20,25-26,30-31H,3-12,21-22H2,1-2H3/t30-,31-/m1/s1. The Morgan fingerprint density at radius 3 is 1.31 bits per heavy atom. The van der Waals surface area contributed by atoms with Gasteiger partial charge >= 0.3 is 0 Å². The fourth-order valence-electron chi connectivity index (χ4n) is 6.39.